The molecule has 6 nitrogen and oxygen atoms in total. The molecule has 0 aromatic heterocycles. The number of nitrogens with one attached hydrogen (secondary N) is 1. The fraction of sp³-hybridized carbons (Fsp3) is 0.889. The second-order valence-corrected chi connectivity index (χ2v) is 7.49. The zero-order valence-corrected chi connectivity index (χ0v) is 15.5. The van der Waals surface area contributed by atoms with E-state index in [0.717, 1.165) is 70.5 Å². The van der Waals surface area contributed by atoms with Gasteiger partial charge in [-0.2, -0.15) is 0 Å². The van der Waals surface area contributed by atoms with Crippen LogP contribution < -0.4 is 5.32 Å². The lowest BCUT2D eigenvalue weighted by Gasteiger charge is -2.39. The van der Waals surface area contributed by atoms with Crippen molar-refractivity contribution in [2.24, 2.45) is 10.9 Å². The van der Waals surface area contributed by atoms with Crippen LogP contribution in [0.5, 0.6) is 0 Å². The lowest BCUT2D eigenvalue weighted by Crippen LogP contribution is -2.57. The van der Waals surface area contributed by atoms with E-state index in [-0.39, 0.29) is 6.04 Å². The van der Waals surface area contributed by atoms with Crippen molar-refractivity contribution in [3.05, 3.63) is 0 Å². The molecule has 3 atom stereocenters. The van der Waals surface area contributed by atoms with Gasteiger partial charge < -0.3 is 15.1 Å². The van der Waals surface area contributed by atoms with Crippen molar-refractivity contribution in [3.8, 4) is 0 Å². The molecule has 2 heterocycles. The molecule has 1 aliphatic carbocycles. The van der Waals surface area contributed by atoms with Gasteiger partial charge in [0.15, 0.2) is 5.96 Å². The monoisotopic (exact) mass is 335 g/mol. The van der Waals surface area contributed by atoms with Crippen LogP contribution in [0.25, 0.3) is 0 Å². The minimum absolute atomic E-state index is 0.00762. The SMILES string of the molecule is CCN=C(NC1CC1C)N1CCN(C(C)C(=O)N2CCCC2)CC1. The molecule has 24 heavy (non-hydrogen) atoms. The quantitative estimate of drug-likeness (QED) is 0.615. The molecule has 0 aromatic rings. The van der Waals surface area contributed by atoms with Gasteiger partial charge in [0.05, 0.1) is 6.04 Å². The molecule has 2 saturated heterocycles. The molecule has 3 fully saturated rings. The van der Waals surface area contributed by atoms with E-state index in [2.05, 4.69) is 40.9 Å². The molecular weight excluding hydrogens is 302 g/mol. The van der Waals surface area contributed by atoms with Crippen LogP contribution in [-0.4, -0.2) is 84.5 Å². The maximum atomic E-state index is 12.6. The topological polar surface area (TPSA) is 51.2 Å². The average molecular weight is 335 g/mol. The Morgan fingerprint density at radius 3 is 2.29 bits per heavy atom. The van der Waals surface area contributed by atoms with E-state index >= 15 is 0 Å². The van der Waals surface area contributed by atoms with Crippen molar-refractivity contribution in [2.75, 3.05) is 45.8 Å². The van der Waals surface area contributed by atoms with Gasteiger partial charge in [-0.3, -0.25) is 14.7 Å². The fourth-order valence-corrected chi connectivity index (χ4v) is 3.75. The number of aliphatic imine (C=N–C) groups is 1. The van der Waals surface area contributed by atoms with Gasteiger partial charge in [-0.15, -0.1) is 0 Å². The van der Waals surface area contributed by atoms with Crippen LogP contribution in [0.2, 0.25) is 0 Å². The first-order valence-corrected chi connectivity index (χ1v) is 9.69. The maximum Gasteiger partial charge on any atom is 0.239 e. The number of piperazine rings is 1. The Morgan fingerprint density at radius 2 is 1.75 bits per heavy atom. The van der Waals surface area contributed by atoms with Gasteiger partial charge in [0.25, 0.3) is 0 Å². The fourth-order valence-electron chi connectivity index (χ4n) is 3.75. The molecule has 136 valence electrons. The molecule has 6 heteroatoms. The average Bonchev–Trinajstić information content (AvgIpc) is 3.06. The first kappa shape index (κ1) is 17.5. The standard InChI is InChI=1S/C18H33N5O/c1-4-19-18(20-16-13-14(16)2)23-11-9-21(10-12-23)15(3)17(24)22-7-5-6-8-22/h14-16H,4-13H2,1-3H3,(H,19,20). The van der Waals surface area contributed by atoms with Crippen LogP contribution in [0, 0.1) is 5.92 Å². The Kier molecular flexibility index (Phi) is 5.64. The van der Waals surface area contributed by atoms with Crippen molar-refractivity contribution in [1.29, 1.82) is 0 Å². The highest BCUT2D eigenvalue weighted by molar-refractivity contribution is 5.82. The van der Waals surface area contributed by atoms with Crippen LogP contribution in [-0.2, 0) is 4.79 Å². The Morgan fingerprint density at radius 1 is 1.12 bits per heavy atom. The van der Waals surface area contributed by atoms with Gasteiger partial charge in [-0.05, 0) is 39.0 Å². The van der Waals surface area contributed by atoms with Gasteiger partial charge in [0, 0.05) is 51.9 Å². The predicted molar refractivity (Wildman–Crippen MR) is 97.1 cm³/mol. The van der Waals surface area contributed by atoms with E-state index in [1.54, 1.807) is 0 Å². The summed E-state index contributed by atoms with van der Waals surface area (Å²) >= 11 is 0. The highest BCUT2D eigenvalue weighted by atomic mass is 16.2. The minimum atomic E-state index is 0.00762. The van der Waals surface area contributed by atoms with Crippen LogP contribution in [0.15, 0.2) is 4.99 Å². The van der Waals surface area contributed by atoms with Crippen molar-refractivity contribution >= 4 is 11.9 Å². The molecule has 0 bridgehead atoms. The summed E-state index contributed by atoms with van der Waals surface area (Å²) < 4.78 is 0. The largest absolute Gasteiger partial charge is 0.353 e. The minimum Gasteiger partial charge on any atom is -0.353 e. The molecule has 1 N–H and O–H groups in total. The van der Waals surface area contributed by atoms with E-state index < -0.39 is 0 Å². The number of carbonyl (C=O) groups excluding carboxylic acids is 1. The lowest BCUT2D eigenvalue weighted by atomic mass is 10.2. The molecule has 0 radical (unpaired) electrons. The Balaban J connectivity index is 1.50. The van der Waals surface area contributed by atoms with Crippen molar-refractivity contribution < 1.29 is 4.79 Å². The van der Waals surface area contributed by atoms with Gasteiger partial charge in [0.2, 0.25) is 5.91 Å². The number of guanidine groups is 1. The van der Waals surface area contributed by atoms with Crippen LogP contribution in [0.1, 0.15) is 40.0 Å². The van der Waals surface area contributed by atoms with E-state index in [0.29, 0.717) is 11.9 Å². The van der Waals surface area contributed by atoms with E-state index in [1.165, 1.54) is 6.42 Å². The van der Waals surface area contributed by atoms with Crippen LogP contribution in [0.3, 0.4) is 0 Å². The third-order valence-corrected chi connectivity index (χ3v) is 5.67. The molecule has 2 aliphatic heterocycles. The number of carbonyl (C=O) groups is 1. The maximum absolute atomic E-state index is 12.6. The second-order valence-electron chi connectivity index (χ2n) is 7.49. The third kappa shape index (κ3) is 4.02. The Labute approximate surface area is 146 Å². The summed E-state index contributed by atoms with van der Waals surface area (Å²) in [5.74, 6) is 2.14. The summed E-state index contributed by atoms with van der Waals surface area (Å²) in [6.45, 7) is 12.9. The Hall–Kier alpha value is -1.30. The first-order chi connectivity index (χ1) is 11.6. The lowest BCUT2D eigenvalue weighted by molar-refractivity contribution is -0.135. The zero-order chi connectivity index (χ0) is 17.1. The number of rotatable bonds is 4. The number of nitrogens with zero attached hydrogens (tertiary/aromatic N) is 4. The zero-order valence-electron chi connectivity index (χ0n) is 15.5. The summed E-state index contributed by atoms with van der Waals surface area (Å²) in [7, 11) is 0. The van der Waals surface area contributed by atoms with Crippen molar-refractivity contribution in [3.63, 3.8) is 0 Å². The summed E-state index contributed by atoms with van der Waals surface area (Å²) in [5.41, 5.74) is 0. The molecule has 1 amide bonds. The number of hydrogen-bond donors (Lipinski definition) is 1. The van der Waals surface area contributed by atoms with Crippen molar-refractivity contribution in [1.82, 2.24) is 20.0 Å². The van der Waals surface area contributed by atoms with Crippen LogP contribution in [0.4, 0.5) is 0 Å². The number of hydrogen-bond acceptors (Lipinski definition) is 3. The van der Waals surface area contributed by atoms with Gasteiger partial charge >= 0.3 is 0 Å². The Bertz CT molecular complexity index is 466. The first-order valence-electron chi connectivity index (χ1n) is 9.69. The molecule has 0 aromatic carbocycles. The number of likely N-dealkylation sites (tertiary alicyclic amines) is 1. The van der Waals surface area contributed by atoms with E-state index in [9.17, 15) is 4.79 Å². The van der Waals surface area contributed by atoms with E-state index in [1.807, 2.05) is 4.90 Å². The highest BCUT2D eigenvalue weighted by Crippen LogP contribution is 2.29. The second kappa shape index (κ2) is 7.72. The molecular formula is C18H33N5O. The van der Waals surface area contributed by atoms with Gasteiger partial charge in [-0.1, -0.05) is 6.92 Å². The van der Waals surface area contributed by atoms with E-state index in [4.69, 9.17) is 0 Å². The summed E-state index contributed by atoms with van der Waals surface area (Å²) in [6.07, 6.45) is 3.58. The van der Waals surface area contributed by atoms with Gasteiger partial charge in [-0.25, -0.2) is 0 Å². The highest BCUT2D eigenvalue weighted by Gasteiger charge is 2.35. The number of amides is 1. The van der Waals surface area contributed by atoms with Crippen LogP contribution >= 0.6 is 0 Å². The van der Waals surface area contributed by atoms with Crippen molar-refractivity contribution in [2.45, 2.75) is 52.1 Å². The molecule has 3 unspecified atom stereocenters. The summed E-state index contributed by atoms with van der Waals surface area (Å²) in [5, 5.41) is 3.61. The molecule has 1 saturated carbocycles. The summed E-state index contributed by atoms with van der Waals surface area (Å²) in [6, 6.07) is 0.609. The normalized spacial score (nSPS) is 29.7. The predicted octanol–water partition coefficient (Wildman–Crippen LogP) is 0.989. The molecule has 0 spiro atoms. The molecule has 3 rings (SSSR count). The summed E-state index contributed by atoms with van der Waals surface area (Å²) in [4.78, 5) is 24.0. The molecule has 3 aliphatic rings. The third-order valence-electron chi connectivity index (χ3n) is 5.67. The van der Waals surface area contributed by atoms with Gasteiger partial charge in [0.1, 0.15) is 0 Å². The smallest absolute Gasteiger partial charge is 0.239 e.